The van der Waals surface area contributed by atoms with Crippen molar-refractivity contribution in [1.82, 2.24) is 4.90 Å². The van der Waals surface area contributed by atoms with E-state index in [0.29, 0.717) is 25.0 Å². The molecule has 0 unspecified atom stereocenters. The van der Waals surface area contributed by atoms with Crippen molar-refractivity contribution in [3.05, 3.63) is 34.9 Å². The Bertz CT molecular complexity index is 906. The molecule has 1 aromatic carbocycles. The number of aliphatic carboxylic acids is 1. The smallest absolute Gasteiger partial charge is 0.335 e. The molecule has 1 spiro atoms. The van der Waals surface area contributed by atoms with Gasteiger partial charge in [-0.3, -0.25) is 4.90 Å². The molecule has 6 nitrogen and oxygen atoms in total. The van der Waals surface area contributed by atoms with E-state index in [4.69, 9.17) is 4.74 Å². The molecule has 0 amide bonds. The van der Waals surface area contributed by atoms with Crippen LogP contribution in [0.4, 0.5) is 0 Å². The summed E-state index contributed by atoms with van der Waals surface area (Å²) in [4.78, 5) is 14.3. The van der Waals surface area contributed by atoms with E-state index >= 15 is 0 Å². The molecule has 4 atom stereocenters. The zero-order valence-electron chi connectivity index (χ0n) is 15.0. The lowest BCUT2D eigenvalue weighted by molar-refractivity contribution is -0.167. The van der Waals surface area contributed by atoms with Crippen molar-refractivity contribution in [1.29, 1.82) is 0 Å². The first-order valence-electron chi connectivity index (χ1n) is 9.87. The quantitative estimate of drug-likeness (QED) is 0.750. The van der Waals surface area contributed by atoms with Gasteiger partial charge in [0.1, 0.15) is 6.10 Å². The van der Waals surface area contributed by atoms with Crippen molar-refractivity contribution in [2.75, 3.05) is 13.1 Å². The maximum atomic E-state index is 12.1. The van der Waals surface area contributed by atoms with E-state index in [1.165, 1.54) is 12.8 Å². The predicted molar refractivity (Wildman–Crippen MR) is 95.9 cm³/mol. The van der Waals surface area contributed by atoms with Crippen LogP contribution >= 0.6 is 0 Å². The van der Waals surface area contributed by atoms with Crippen LogP contribution in [0.25, 0.3) is 0 Å². The zero-order chi connectivity index (χ0) is 18.6. The largest absolute Gasteiger partial charge is 0.504 e. The number of phenolic OH excluding ortho intramolecular Hbond substituents is 1. The van der Waals surface area contributed by atoms with Crippen LogP contribution in [0.1, 0.15) is 36.8 Å². The van der Waals surface area contributed by atoms with Gasteiger partial charge in [0.2, 0.25) is 0 Å². The first-order valence-corrected chi connectivity index (χ1v) is 9.87. The number of carboxylic acids is 1. The average molecular weight is 369 g/mol. The molecule has 2 heterocycles. The standard InChI is InChI=1S/C21H23NO5/c23-14-4-3-12-9-15-21(26)6-5-13(19(24)25)18-20(21,16(12)17(14)27-18)7-8-22(15)10-11-1-2-11/h3-5,11,15,18,23,26H,1-2,6-10H2,(H,24,25)/t15-,18+,20+,21-/m1/s1. The summed E-state index contributed by atoms with van der Waals surface area (Å²) < 4.78 is 6.10. The molecule has 2 aliphatic heterocycles. The number of phenols is 1. The molecule has 6 heteroatoms. The first kappa shape index (κ1) is 16.0. The highest BCUT2D eigenvalue weighted by Crippen LogP contribution is 2.65. The summed E-state index contributed by atoms with van der Waals surface area (Å²) in [5, 5.41) is 32.2. The Morgan fingerprint density at radius 1 is 1.33 bits per heavy atom. The number of benzene rings is 1. The highest BCUT2D eigenvalue weighted by molar-refractivity contribution is 5.90. The van der Waals surface area contributed by atoms with Gasteiger partial charge in [0.05, 0.1) is 16.6 Å². The van der Waals surface area contributed by atoms with Crippen LogP contribution in [0.2, 0.25) is 0 Å². The second-order valence-electron chi connectivity index (χ2n) is 8.92. The first-order chi connectivity index (χ1) is 13.0. The van der Waals surface area contributed by atoms with Crippen molar-refractivity contribution in [3.8, 4) is 11.5 Å². The molecular weight excluding hydrogens is 346 g/mol. The third kappa shape index (κ3) is 1.76. The molecule has 27 heavy (non-hydrogen) atoms. The van der Waals surface area contributed by atoms with E-state index in [2.05, 4.69) is 4.90 Å². The van der Waals surface area contributed by atoms with E-state index in [9.17, 15) is 20.1 Å². The Balaban J connectivity index is 1.59. The van der Waals surface area contributed by atoms with Crippen molar-refractivity contribution >= 4 is 5.97 Å². The number of hydrogen-bond donors (Lipinski definition) is 3. The molecule has 0 aromatic heterocycles. The fourth-order valence-electron chi connectivity index (χ4n) is 6.31. The molecule has 142 valence electrons. The summed E-state index contributed by atoms with van der Waals surface area (Å²) >= 11 is 0. The van der Waals surface area contributed by atoms with Gasteiger partial charge in [-0.05, 0) is 56.2 Å². The minimum atomic E-state index is -1.07. The van der Waals surface area contributed by atoms with Crippen molar-refractivity contribution in [2.24, 2.45) is 5.92 Å². The number of nitrogens with zero attached hydrogens (tertiary/aromatic N) is 1. The number of likely N-dealkylation sites (tertiary alicyclic amines) is 1. The number of aromatic hydroxyl groups is 1. The molecule has 6 rings (SSSR count). The molecular formula is C21H23NO5. The topological polar surface area (TPSA) is 90.2 Å². The second-order valence-corrected chi connectivity index (χ2v) is 8.92. The summed E-state index contributed by atoms with van der Waals surface area (Å²) in [6, 6.07) is 3.51. The van der Waals surface area contributed by atoms with Crippen LogP contribution in [0.3, 0.4) is 0 Å². The number of ether oxygens (including phenoxy) is 1. The minimum absolute atomic E-state index is 0.0310. The van der Waals surface area contributed by atoms with Crippen molar-refractivity contribution < 1.29 is 24.9 Å². The van der Waals surface area contributed by atoms with Gasteiger partial charge >= 0.3 is 5.97 Å². The van der Waals surface area contributed by atoms with Gasteiger partial charge in [0, 0.05) is 18.2 Å². The molecule has 0 radical (unpaired) electrons. The predicted octanol–water partition coefficient (Wildman–Crippen LogP) is 1.58. The van der Waals surface area contributed by atoms with E-state index in [-0.39, 0.29) is 17.4 Å². The third-order valence-electron chi connectivity index (χ3n) is 7.68. The minimum Gasteiger partial charge on any atom is -0.504 e. The number of carboxylic acid groups (broad SMARTS) is 1. The Kier molecular flexibility index (Phi) is 2.87. The Morgan fingerprint density at radius 2 is 2.15 bits per heavy atom. The second kappa shape index (κ2) is 4.86. The highest BCUT2D eigenvalue weighted by atomic mass is 16.5. The molecule has 1 saturated heterocycles. The van der Waals surface area contributed by atoms with Crippen LogP contribution in [-0.2, 0) is 16.6 Å². The molecule has 1 aromatic rings. The number of aliphatic hydroxyl groups is 1. The van der Waals surface area contributed by atoms with Crippen molar-refractivity contribution in [2.45, 2.75) is 55.3 Å². The van der Waals surface area contributed by atoms with Crippen LogP contribution in [0.5, 0.6) is 11.5 Å². The van der Waals surface area contributed by atoms with E-state index in [1.807, 2.05) is 6.07 Å². The lowest BCUT2D eigenvalue weighted by Crippen LogP contribution is -2.75. The average Bonchev–Trinajstić information content (AvgIpc) is 3.36. The number of piperidine rings is 1. The van der Waals surface area contributed by atoms with E-state index in [0.717, 1.165) is 30.1 Å². The van der Waals surface area contributed by atoms with Crippen molar-refractivity contribution in [3.63, 3.8) is 0 Å². The molecule has 5 aliphatic rings. The normalized spacial score (nSPS) is 38.8. The fraction of sp³-hybridized carbons (Fsp3) is 0.571. The lowest BCUT2D eigenvalue weighted by Gasteiger charge is -2.62. The SMILES string of the molecule is O=C(O)C1=CC[C@@]2(O)[C@H]3Cc4ccc(O)c5c4[C@@]2(CCN3CC2CC2)[C@H]1O5. The highest BCUT2D eigenvalue weighted by Gasteiger charge is 2.72. The van der Waals surface area contributed by atoms with Crippen LogP contribution in [-0.4, -0.2) is 57.0 Å². The fourth-order valence-corrected chi connectivity index (χ4v) is 6.31. The Labute approximate surface area is 157 Å². The van der Waals surface area contributed by atoms with Crippen LogP contribution in [0.15, 0.2) is 23.8 Å². The van der Waals surface area contributed by atoms with Gasteiger partial charge in [-0.2, -0.15) is 0 Å². The summed E-state index contributed by atoms with van der Waals surface area (Å²) in [5.74, 6) is 0.124. The maximum Gasteiger partial charge on any atom is 0.335 e. The Hall–Kier alpha value is -2.05. The third-order valence-corrected chi connectivity index (χ3v) is 7.68. The van der Waals surface area contributed by atoms with Gasteiger partial charge in [-0.1, -0.05) is 12.1 Å². The van der Waals surface area contributed by atoms with Gasteiger partial charge in [-0.25, -0.2) is 4.79 Å². The summed E-state index contributed by atoms with van der Waals surface area (Å²) in [7, 11) is 0. The summed E-state index contributed by atoms with van der Waals surface area (Å²) in [6.07, 6.45) is 5.08. The maximum absolute atomic E-state index is 12.1. The lowest BCUT2D eigenvalue weighted by atomic mass is 9.49. The summed E-state index contributed by atoms with van der Waals surface area (Å²) in [6.45, 7) is 1.83. The summed E-state index contributed by atoms with van der Waals surface area (Å²) in [5.41, 5.74) is 0.270. The Morgan fingerprint density at radius 3 is 2.89 bits per heavy atom. The van der Waals surface area contributed by atoms with Gasteiger partial charge in [0.15, 0.2) is 11.5 Å². The molecule has 2 bridgehead atoms. The molecule has 3 N–H and O–H groups in total. The molecule has 2 fully saturated rings. The van der Waals surface area contributed by atoms with E-state index in [1.54, 1.807) is 12.1 Å². The number of hydrogen-bond acceptors (Lipinski definition) is 5. The number of rotatable bonds is 3. The van der Waals surface area contributed by atoms with Crippen LogP contribution < -0.4 is 4.74 Å². The monoisotopic (exact) mass is 369 g/mol. The van der Waals surface area contributed by atoms with Gasteiger partial charge in [-0.15, -0.1) is 0 Å². The molecule has 3 aliphatic carbocycles. The zero-order valence-corrected chi connectivity index (χ0v) is 15.0. The van der Waals surface area contributed by atoms with E-state index < -0.39 is 23.1 Å². The van der Waals surface area contributed by atoms with Gasteiger partial charge < -0.3 is 20.1 Å². The van der Waals surface area contributed by atoms with Crippen LogP contribution in [0, 0.1) is 5.92 Å². The van der Waals surface area contributed by atoms with Gasteiger partial charge in [0.25, 0.3) is 0 Å². The number of carbonyl (C=O) groups is 1. The molecule has 1 saturated carbocycles.